The normalized spacial score (nSPS) is 14.8. The van der Waals surface area contributed by atoms with Crippen molar-refractivity contribution in [1.82, 2.24) is 4.72 Å². The monoisotopic (exact) mass is 295 g/mol. The number of hydrogen-bond acceptors (Lipinski definition) is 4. The van der Waals surface area contributed by atoms with Crippen LogP contribution in [0.1, 0.15) is 31.9 Å². The molecule has 1 unspecified atom stereocenters. The molecule has 1 aromatic rings. The number of hydrogen-bond donors (Lipinski definition) is 2. The Labute approximate surface area is 120 Å². The molecule has 1 aromatic carbocycles. The Kier molecular flexibility index (Phi) is 5.28. The lowest BCUT2D eigenvalue weighted by Crippen LogP contribution is -2.55. The van der Waals surface area contributed by atoms with Crippen LogP contribution in [0.25, 0.3) is 0 Å². The van der Waals surface area contributed by atoms with Crippen LogP contribution in [0, 0.1) is 17.2 Å². The van der Waals surface area contributed by atoms with E-state index < -0.39 is 15.6 Å². The van der Waals surface area contributed by atoms with Gasteiger partial charge in [0.2, 0.25) is 10.0 Å². The van der Waals surface area contributed by atoms with Crippen LogP contribution in [0.3, 0.4) is 0 Å². The van der Waals surface area contributed by atoms with Gasteiger partial charge in [0.15, 0.2) is 0 Å². The first-order chi connectivity index (χ1) is 9.24. The zero-order valence-corrected chi connectivity index (χ0v) is 12.9. The predicted octanol–water partition coefficient (Wildman–Crippen LogP) is 1.35. The zero-order chi connectivity index (χ0) is 15.4. The molecule has 0 saturated heterocycles. The van der Waals surface area contributed by atoms with Crippen molar-refractivity contribution in [2.24, 2.45) is 11.7 Å². The highest BCUT2D eigenvalue weighted by Gasteiger charge is 2.31. The SMILES string of the molecule is CC(C)C(C)(CN)NS(=O)(=O)Cc1ccccc1C#N. The Balaban J connectivity index is 2.99. The van der Waals surface area contributed by atoms with Crippen molar-refractivity contribution in [2.45, 2.75) is 32.1 Å². The molecule has 1 rings (SSSR count). The third-order valence-corrected chi connectivity index (χ3v) is 5.04. The lowest BCUT2D eigenvalue weighted by atomic mass is 9.90. The van der Waals surface area contributed by atoms with Crippen molar-refractivity contribution in [3.8, 4) is 6.07 Å². The minimum atomic E-state index is -3.56. The smallest absolute Gasteiger partial charge is 0.216 e. The van der Waals surface area contributed by atoms with E-state index in [0.29, 0.717) is 11.1 Å². The van der Waals surface area contributed by atoms with E-state index in [4.69, 9.17) is 11.0 Å². The zero-order valence-electron chi connectivity index (χ0n) is 12.1. The van der Waals surface area contributed by atoms with Gasteiger partial charge in [0.1, 0.15) is 0 Å². The number of nitrogens with one attached hydrogen (secondary N) is 1. The summed E-state index contributed by atoms with van der Waals surface area (Å²) in [5.74, 6) is -0.160. The van der Waals surface area contributed by atoms with Gasteiger partial charge in [-0.15, -0.1) is 0 Å². The fourth-order valence-electron chi connectivity index (χ4n) is 1.75. The molecule has 0 aromatic heterocycles. The molecule has 1 atom stereocenters. The maximum atomic E-state index is 12.3. The van der Waals surface area contributed by atoms with Crippen LogP contribution < -0.4 is 10.5 Å². The van der Waals surface area contributed by atoms with Crippen LogP contribution in [0.15, 0.2) is 24.3 Å². The van der Waals surface area contributed by atoms with Crippen molar-refractivity contribution >= 4 is 10.0 Å². The first kappa shape index (κ1) is 16.6. The minimum absolute atomic E-state index is 0.0634. The molecule has 20 heavy (non-hydrogen) atoms. The van der Waals surface area contributed by atoms with Gasteiger partial charge >= 0.3 is 0 Å². The van der Waals surface area contributed by atoms with Crippen molar-refractivity contribution in [2.75, 3.05) is 6.54 Å². The average molecular weight is 295 g/mol. The van der Waals surface area contributed by atoms with Crippen molar-refractivity contribution < 1.29 is 8.42 Å². The van der Waals surface area contributed by atoms with Gasteiger partial charge in [-0.2, -0.15) is 5.26 Å². The van der Waals surface area contributed by atoms with Crippen LogP contribution in [-0.4, -0.2) is 20.5 Å². The molecular weight excluding hydrogens is 274 g/mol. The number of sulfonamides is 1. The van der Waals surface area contributed by atoms with Gasteiger partial charge in [-0.05, 0) is 24.5 Å². The van der Waals surface area contributed by atoms with E-state index in [1.165, 1.54) is 0 Å². The van der Waals surface area contributed by atoms with Gasteiger partial charge in [0, 0.05) is 12.1 Å². The van der Waals surface area contributed by atoms with E-state index in [1.807, 2.05) is 19.9 Å². The second kappa shape index (κ2) is 6.35. The highest BCUT2D eigenvalue weighted by molar-refractivity contribution is 7.88. The number of nitriles is 1. The first-order valence-corrected chi connectivity index (χ1v) is 8.09. The molecule has 0 fully saturated rings. The fraction of sp³-hybridized carbons (Fsp3) is 0.500. The lowest BCUT2D eigenvalue weighted by molar-refractivity contribution is 0.314. The fourth-order valence-corrected chi connectivity index (χ4v) is 3.51. The molecule has 0 spiro atoms. The molecule has 0 saturated carbocycles. The molecule has 6 heteroatoms. The Morgan fingerprint density at radius 2 is 2.00 bits per heavy atom. The van der Waals surface area contributed by atoms with Crippen molar-refractivity contribution in [3.63, 3.8) is 0 Å². The van der Waals surface area contributed by atoms with E-state index in [1.54, 1.807) is 31.2 Å². The summed E-state index contributed by atoms with van der Waals surface area (Å²) in [6, 6.07) is 8.68. The molecular formula is C14H21N3O2S. The summed E-state index contributed by atoms with van der Waals surface area (Å²) < 4.78 is 27.2. The highest BCUT2D eigenvalue weighted by atomic mass is 32.2. The maximum absolute atomic E-state index is 12.3. The van der Waals surface area contributed by atoms with Crippen molar-refractivity contribution in [3.05, 3.63) is 35.4 Å². The summed E-state index contributed by atoms with van der Waals surface area (Å²) in [4.78, 5) is 0. The molecule has 0 aliphatic rings. The first-order valence-electron chi connectivity index (χ1n) is 6.44. The van der Waals surface area contributed by atoms with E-state index in [9.17, 15) is 8.42 Å². The summed E-state index contributed by atoms with van der Waals surface area (Å²) in [5, 5.41) is 9.00. The van der Waals surface area contributed by atoms with E-state index >= 15 is 0 Å². The molecule has 0 radical (unpaired) electrons. The maximum Gasteiger partial charge on any atom is 0.216 e. The van der Waals surface area contributed by atoms with Gasteiger partial charge < -0.3 is 5.73 Å². The Morgan fingerprint density at radius 1 is 1.40 bits per heavy atom. The number of nitrogens with two attached hydrogens (primary N) is 1. The van der Waals surface area contributed by atoms with Crippen LogP contribution in [-0.2, 0) is 15.8 Å². The molecule has 0 aliphatic heterocycles. The van der Waals surface area contributed by atoms with Gasteiger partial charge in [-0.1, -0.05) is 32.0 Å². The predicted molar refractivity (Wildman–Crippen MR) is 79.2 cm³/mol. The Morgan fingerprint density at radius 3 is 2.50 bits per heavy atom. The van der Waals surface area contributed by atoms with Gasteiger partial charge in [0.05, 0.1) is 17.4 Å². The number of benzene rings is 1. The highest BCUT2D eigenvalue weighted by Crippen LogP contribution is 2.18. The summed E-state index contributed by atoms with van der Waals surface area (Å²) in [6.45, 7) is 5.83. The summed E-state index contributed by atoms with van der Waals surface area (Å²) >= 11 is 0. The second-order valence-electron chi connectivity index (χ2n) is 5.41. The quantitative estimate of drug-likeness (QED) is 0.828. The van der Waals surface area contributed by atoms with Crippen molar-refractivity contribution in [1.29, 1.82) is 5.26 Å². The average Bonchev–Trinajstić information content (AvgIpc) is 2.38. The lowest BCUT2D eigenvalue weighted by Gasteiger charge is -2.33. The van der Waals surface area contributed by atoms with Crippen LogP contribution in [0.2, 0.25) is 0 Å². The number of nitrogens with zero attached hydrogens (tertiary/aromatic N) is 1. The standard InChI is InChI=1S/C14H21N3O2S/c1-11(2)14(3,10-16)17-20(18,19)9-13-7-5-4-6-12(13)8-15/h4-7,11,17H,9-10,16H2,1-3H3. The molecule has 0 heterocycles. The van der Waals surface area contributed by atoms with Crippen LogP contribution in [0.5, 0.6) is 0 Å². The summed E-state index contributed by atoms with van der Waals surface area (Å²) in [6.07, 6.45) is 0. The molecule has 0 bridgehead atoms. The molecule has 5 nitrogen and oxygen atoms in total. The molecule has 0 aliphatic carbocycles. The van der Waals surface area contributed by atoms with Gasteiger partial charge in [0.25, 0.3) is 0 Å². The van der Waals surface area contributed by atoms with E-state index in [-0.39, 0.29) is 18.2 Å². The molecule has 3 N–H and O–H groups in total. The third-order valence-electron chi connectivity index (χ3n) is 3.57. The van der Waals surface area contributed by atoms with Crippen LogP contribution >= 0.6 is 0 Å². The van der Waals surface area contributed by atoms with Gasteiger partial charge in [-0.25, -0.2) is 13.1 Å². The van der Waals surface area contributed by atoms with Gasteiger partial charge in [-0.3, -0.25) is 0 Å². The minimum Gasteiger partial charge on any atom is -0.329 e. The molecule has 0 amide bonds. The van der Waals surface area contributed by atoms with E-state index in [0.717, 1.165) is 0 Å². The molecule has 110 valence electrons. The second-order valence-corrected chi connectivity index (χ2v) is 7.13. The summed E-state index contributed by atoms with van der Waals surface area (Å²) in [7, 11) is -3.56. The van der Waals surface area contributed by atoms with Crippen LogP contribution in [0.4, 0.5) is 0 Å². The summed E-state index contributed by atoms with van der Waals surface area (Å²) in [5.41, 5.74) is 5.85. The Bertz CT molecular complexity index is 605. The topological polar surface area (TPSA) is 96.0 Å². The largest absolute Gasteiger partial charge is 0.329 e. The third kappa shape index (κ3) is 4.04. The number of rotatable bonds is 6. The van der Waals surface area contributed by atoms with E-state index in [2.05, 4.69) is 4.72 Å². The Hall–Kier alpha value is -1.42.